The molecule has 146 valence electrons. The summed E-state index contributed by atoms with van der Waals surface area (Å²) >= 11 is 2.86. The molecule has 0 atom stereocenters. The molecule has 0 aliphatic carbocycles. The molecule has 8 heteroatoms. The maximum absolute atomic E-state index is 13.7. The molecule has 2 aromatic carbocycles. The van der Waals surface area contributed by atoms with Crippen LogP contribution in [0.4, 0.5) is 10.1 Å². The molecule has 0 fully saturated rings. The van der Waals surface area contributed by atoms with E-state index >= 15 is 0 Å². The number of aromatic nitrogens is 3. The molecule has 0 unspecified atom stereocenters. The number of carbonyl (C=O) groups excluding carboxylic acids is 1. The van der Waals surface area contributed by atoms with Crippen LogP contribution in [0.5, 0.6) is 0 Å². The molecule has 0 bridgehead atoms. The van der Waals surface area contributed by atoms with Crippen molar-refractivity contribution in [3.05, 3.63) is 77.4 Å². The first-order valence-electron chi connectivity index (χ1n) is 8.85. The third kappa shape index (κ3) is 4.38. The predicted octanol–water partition coefficient (Wildman–Crippen LogP) is 5.17. The standard InChI is InChI=1S/C21H17FN4OS2/c1-14-9-10-15(12-17(14)22)23-19(27)13-29-21-25-24-20(18-8-5-11-28-18)26(21)16-6-3-2-4-7-16/h2-12H,13H2,1H3,(H,23,27). The average Bonchev–Trinajstić information content (AvgIpc) is 3.39. The number of carbonyl (C=O) groups is 1. The van der Waals surface area contributed by atoms with Gasteiger partial charge in [-0.3, -0.25) is 9.36 Å². The van der Waals surface area contributed by atoms with E-state index in [1.165, 1.54) is 17.8 Å². The summed E-state index contributed by atoms with van der Waals surface area (Å²) in [5.41, 5.74) is 1.89. The molecule has 0 aliphatic rings. The summed E-state index contributed by atoms with van der Waals surface area (Å²) < 4.78 is 15.6. The van der Waals surface area contributed by atoms with Crippen LogP contribution >= 0.6 is 23.1 Å². The average molecular weight is 425 g/mol. The zero-order valence-electron chi connectivity index (χ0n) is 15.5. The molecule has 2 heterocycles. The maximum Gasteiger partial charge on any atom is 0.234 e. The summed E-state index contributed by atoms with van der Waals surface area (Å²) in [6.45, 7) is 1.68. The van der Waals surface area contributed by atoms with Gasteiger partial charge in [0.15, 0.2) is 11.0 Å². The lowest BCUT2D eigenvalue weighted by atomic mass is 10.2. The smallest absolute Gasteiger partial charge is 0.234 e. The quantitative estimate of drug-likeness (QED) is 0.434. The van der Waals surface area contributed by atoms with Crippen molar-refractivity contribution in [3.8, 4) is 16.4 Å². The second kappa shape index (κ2) is 8.59. The van der Waals surface area contributed by atoms with Gasteiger partial charge in [0.25, 0.3) is 0 Å². The molecule has 0 saturated carbocycles. The number of nitrogens with zero attached hydrogens (tertiary/aromatic N) is 3. The van der Waals surface area contributed by atoms with Gasteiger partial charge in [-0.15, -0.1) is 21.5 Å². The number of thioether (sulfide) groups is 1. The van der Waals surface area contributed by atoms with Crippen molar-refractivity contribution in [2.75, 3.05) is 11.1 Å². The molecule has 1 N–H and O–H groups in total. The molecule has 1 amide bonds. The number of anilines is 1. The minimum absolute atomic E-state index is 0.130. The minimum atomic E-state index is -0.347. The van der Waals surface area contributed by atoms with Crippen molar-refractivity contribution in [3.63, 3.8) is 0 Å². The van der Waals surface area contributed by atoms with Gasteiger partial charge in [0, 0.05) is 11.4 Å². The summed E-state index contributed by atoms with van der Waals surface area (Å²) in [5.74, 6) is 0.276. The second-order valence-corrected chi connectivity index (χ2v) is 8.15. The van der Waals surface area contributed by atoms with Crippen molar-refractivity contribution in [1.82, 2.24) is 14.8 Å². The van der Waals surface area contributed by atoms with Crippen LogP contribution in [0, 0.1) is 12.7 Å². The lowest BCUT2D eigenvalue weighted by Crippen LogP contribution is -2.14. The van der Waals surface area contributed by atoms with Crippen LogP contribution in [0.15, 0.2) is 71.2 Å². The summed E-state index contributed by atoms with van der Waals surface area (Å²) in [6, 6.07) is 18.4. The third-order valence-electron chi connectivity index (χ3n) is 4.18. The van der Waals surface area contributed by atoms with Crippen LogP contribution in [-0.4, -0.2) is 26.4 Å². The highest BCUT2D eigenvalue weighted by atomic mass is 32.2. The molecule has 5 nitrogen and oxygen atoms in total. The maximum atomic E-state index is 13.7. The Labute approximate surface area is 175 Å². The predicted molar refractivity (Wildman–Crippen MR) is 115 cm³/mol. The molecule has 4 rings (SSSR count). The molecule has 0 radical (unpaired) electrons. The van der Waals surface area contributed by atoms with E-state index in [2.05, 4.69) is 15.5 Å². The number of nitrogens with one attached hydrogen (secondary N) is 1. The van der Waals surface area contributed by atoms with E-state index < -0.39 is 0 Å². The van der Waals surface area contributed by atoms with E-state index in [4.69, 9.17) is 0 Å². The van der Waals surface area contributed by atoms with Gasteiger partial charge in [-0.2, -0.15) is 0 Å². The number of rotatable bonds is 6. The SMILES string of the molecule is Cc1ccc(NC(=O)CSc2nnc(-c3cccs3)n2-c2ccccc2)cc1F. The van der Waals surface area contributed by atoms with Crippen LogP contribution < -0.4 is 5.32 Å². The van der Waals surface area contributed by atoms with Crippen LogP contribution in [0.3, 0.4) is 0 Å². The summed E-state index contributed by atoms with van der Waals surface area (Å²) in [4.78, 5) is 13.3. The number of hydrogen-bond donors (Lipinski definition) is 1. The zero-order valence-corrected chi connectivity index (χ0v) is 17.1. The highest BCUT2D eigenvalue weighted by molar-refractivity contribution is 7.99. The van der Waals surface area contributed by atoms with E-state index in [1.54, 1.807) is 30.4 Å². The fraction of sp³-hybridized carbons (Fsp3) is 0.0952. The van der Waals surface area contributed by atoms with Crippen molar-refractivity contribution >= 4 is 34.7 Å². The number of halogens is 1. The van der Waals surface area contributed by atoms with Gasteiger partial charge in [0.1, 0.15) is 5.82 Å². The molecule has 0 aliphatic heterocycles. The van der Waals surface area contributed by atoms with Crippen molar-refractivity contribution < 1.29 is 9.18 Å². The van der Waals surface area contributed by atoms with Gasteiger partial charge in [0.2, 0.25) is 5.91 Å². The van der Waals surface area contributed by atoms with Crippen molar-refractivity contribution in [2.45, 2.75) is 12.1 Å². The molecule has 2 aromatic heterocycles. The Morgan fingerprint density at radius 2 is 1.97 bits per heavy atom. The zero-order chi connectivity index (χ0) is 20.2. The van der Waals surface area contributed by atoms with E-state index in [9.17, 15) is 9.18 Å². The van der Waals surface area contributed by atoms with Crippen molar-refractivity contribution in [1.29, 1.82) is 0 Å². The fourth-order valence-corrected chi connectivity index (χ4v) is 4.19. The lowest BCUT2D eigenvalue weighted by molar-refractivity contribution is -0.113. The first kappa shape index (κ1) is 19.4. The molecular weight excluding hydrogens is 407 g/mol. The van der Waals surface area contributed by atoms with Crippen LogP contribution in [0.1, 0.15) is 5.56 Å². The lowest BCUT2D eigenvalue weighted by Gasteiger charge is -2.10. The number of amides is 1. The molecule has 4 aromatic rings. The Kier molecular flexibility index (Phi) is 5.73. The minimum Gasteiger partial charge on any atom is -0.325 e. The van der Waals surface area contributed by atoms with E-state index in [0.29, 0.717) is 16.4 Å². The van der Waals surface area contributed by atoms with Crippen LogP contribution in [-0.2, 0) is 4.79 Å². The van der Waals surface area contributed by atoms with E-state index in [-0.39, 0.29) is 17.5 Å². The fourth-order valence-electron chi connectivity index (χ4n) is 2.74. The Bertz CT molecular complexity index is 1130. The van der Waals surface area contributed by atoms with Gasteiger partial charge < -0.3 is 5.32 Å². The molecular formula is C21H17FN4OS2. The van der Waals surface area contributed by atoms with Crippen molar-refractivity contribution in [2.24, 2.45) is 0 Å². The highest BCUT2D eigenvalue weighted by Crippen LogP contribution is 2.30. The number of benzene rings is 2. The van der Waals surface area contributed by atoms with Crippen LogP contribution in [0.2, 0.25) is 0 Å². The van der Waals surface area contributed by atoms with Crippen LogP contribution in [0.25, 0.3) is 16.4 Å². The Morgan fingerprint density at radius 1 is 1.14 bits per heavy atom. The van der Waals surface area contributed by atoms with Gasteiger partial charge in [-0.25, -0.2) is 4.39 Å². The van der Waals surface area contributed by atoms with Gasteiger partial charge in [-0.1, -0.05) is 42.1 Å². The van der Waals surface area contributed by atoms with Gasteiger partial charge >= 0.3 is 0 Å². The number of aryl methyl sites for hydroxylation is 1. The normalized spacial score (nSPS) is 10.8. The Morgan fingerprint density at radius 3 is 2.69 bits per heavy atom. The summed E-state index contributed by atoms with van der Waals surface area (Å²) in [5, 5.41) is 14.0. The van der Waals surface area contributed by atoms with Gasteiger partial charge in [0.05, 0.1) is 10.6 Å². The monoisotopic (exact) mass is 424 g/mol. The molecule has 0 spiro atoms. The number of hydrogen-bond acceptors (Lipinski definition) is 5. The van der Waals surface area contributed by atoms with Gasteiger partial charge in [-0.05, 0) is 48.2 Å². The summed E-state index contributed by atoms with van der Waals surface area (Å²) in [7, 11) is 0. The summed E-state index contributed by atoms with van der Waals surface area (Å²) in [6.07, 6.45) is 0. The first-order chi connectivity index (χ1) is 14.1. The highest BCUT2D eigenvalue weighted by Gasteiger charge is 2.18. The Balaban J connectivity index is 1.54. The third-order valence-corrected chi connectivity index (χ3v) is 5.97. The topological polar surface area (TPSA) is 59.8 Å². The van der Waals surface area contributed by atoms with E-state index in [0.717, 1.165) is 16.4 Å². The second-order valence-electron chi connectivity index (χ2n) is 6.26. The number of thiophene rings is 1. The number of para-hydroxylation sites is 1. The Hall–Kier alpha value is -2.97. The van der Waals surface area contributed by atoms with E-state index in [1.807, 2.05) is 52.4 Å². The largest absolute Gasteiger partial charge is 0.325 e. The first-order valence-corrected chi connectivity index (χ1v) is 10.7. The molecule has 29 heavy (non-hydrogen) atoms. The molecule has 0 saturated heterocycles.